The molecule has 0 radical (unpaired) electrons. The number of esters is 8. The Bertz CT molecular complexity index is 3740. The second kappa shape index (κ2) is 33.9. The van der Waals surface area contributed by atoms with Gasteiger partial charge in [-0.1, -0.05) is 0 Å². The minimum Gasteiger partial charge on any atom is -0.495 e. The van der Waals surface area contributed by atoms with Crippen LogP contribution in [0.1, 0.15) is 62.4 Å². The van der Waals surface area contributed by atoms with Crippen LogP contribution in [-0.4, -0.2) is 155 Å². The van der Waals surface area contributed by atoms with Gasteiger partial charge in [0.05, 0.1) is 142 Å². The summed E-state index contributed by atoms with van der Waals surface area (Å²) >= 11 is 0. The summed E-state index contributed by atoms with van der Waals surface area (Å²) in [6.07, 6.45) is 0.927. The first-order valence-electron chi connectivity index (χ1n) is 24.1. The van der Waals surface area contributed by atoms with E-state index in [0.29, 0.717) is 56.4 Å². The molecule has 4 aromatic carbocycles. The number of amides is 2. The van der Waals surface area contributed by atoms with Gasteiger partial charge in [-0.05, 0) is 66.7 Å². The van der Waals surface area contributed by atoms with Gasteiger partial charge in [0.15, 0.2) is 5.43 Å². The lowest BCUT2D eigenvalue weighted by atomic mass is 10.0. The van der Waals surface area contributed by atoms with E-state index >= 15 is 0 Å². The second-order valence-corrected chi connectivity index (χ2v) is 16.0. The molecular weight excluding hydrogens is 1150 g/mol. The van der Waals surface area contributed by atoms with Gasteiger partial charge in [0.25, 0.3) is 11.8 Å². The summed E-state index contributed by atoms with van der Waals surface area (Å²) in [5.74, 6) is 4.40. The third-order valence-electron chi connectivity index (χ3n) is 11.1. The molecule has 3 heterocycles. The molecule has 31 heteroatoms. The van der Waals surface area contributed by atoms with E-state index in [1.165, 1.54) is 121 Å². The number of methoxy groups -OCH3 is 12. The van der Waals surface area contributed by atoms with Crippen molar-refractivity contribution >= 4 is 98.4 Å². The predicted molar refractivity (Wildman–Crippen MR) is 305 cm³/mol. The number of aromatic amines is 1. The van der Waals surface area contributed by atoms with Gasteiger partial charge in [0.1, 0.15) is 45.6 Å². The fraction of sp³-hybridized carbons (Fsp3) is 0.214. The van der Waals surface area contributed by atoms with Crippen molar-refractivity contribution in [3.63, 3.8) is 0 Å². The number of carbonyl (C=O) groups excluding carboxylic acids is 10. The third kappa shape index (κ3) is 18.5. The van der Waals surface area contributed by atoms with E-state index in [4.69, 9.17) is 30.5 Å². The van der Waals surface area contributed by atoms with Gasteiger partial charge in [0, 0.05) is 23.3 Å². The largest absolute Gasteiger partial charge is 0.495 e. The van der Waals surface area contributed by atoms with Crippen LogP contribution in [0.25, 0.3) is 21.8 Å². The standard InChI is InChI=1S/C15H17NO7.C14H13NO6.C12H11N5O3.C9H11NO3.C6H6O4/c1-20-12-6-5-9(14(18)22-3)7-10(12)16-11(15(19)23-4)8-13(17)21-2;1-19-10-5-4-7(13(17)20-2)11-9(16)6-8(14(18)21-3)15-12(10)11;1-20-8-3-2-5-9-6(16-17-11(5)18)4-7(12(19)15-13)14-10(8)9;1-12-8-4-3-6(5-7(8)10)9(11)13-2;1-9-5(7)3-4-6(8)10-2/h5-8,16H,1-4H3;4-6H,1-3H3,(H,15,16);2-4,16H,13H2,1H3,(H,15,19)(H,17,18);3-5H,10H2,1-2H3;1-2H3/b11-8+;;;;. The molecule has 0 saturated heterocycles. The molecule has 2 amide bonds. The average molecular weight is 1210 g/mol. The van der Waals surface area contributed by atoms with E-state index in [-0.39, 0.29) is 50.7 Å². The quantitative estimate of drug-likeness (QED) is 0.0101. The average Bonchev–Trinajstić information content (AvgIpc) is 1.05. The minimum absolute atomic E-state index is 0.0321. The van der Waals surface area contributed by atoms with Gasteiger partial charge in [-0.25, -0.2) is 49.2 Å². The van der Waals surface area contributed by atoms with Crippen molar-refractivity contribution in [1.82, 2.24) is 20.8 Å². The number of aromatic nitrogens is 2. The number of nitrogens with one attached hydrogen (secondary N) is 5. The minimum atomic E-state index is -0.791. The number of hydrazine groups is 2. The van der Waals surface area contributed by atoms with Crippen molar-refractivity contribution in [1.29, 1.82) is 0 Å². The van der Waals surface area contributed by atoms with E-state index in [2.05, 4.69) is 64.0 Å². The third-order valence-corrected chi connectivity index (χ3v) is 11.1. The van der Waals surface area contributed by atoms with Crippen LogP contribution in [0.2, 0.25) is 0 Å². The summed E-state index contributed by atoms with van der Waals surface area (Å²) < 4.78 is 56.2. The van der Waals surface area contributed by atoms with Crippen LogP contribution in [-0.2, 0) is 57.1 Å². The molecule has 2 aromatic heterocycles. The number of nitrogens with two attached hydrogens (primary N) is 2. The summed E-state index contributed by atoms with van der Waals surface area (Å²) in [7, 11) is 15.5. The van der Waals surface area contributed by atoms with E-state index in [1.54, 1.807) is 24.3 Å². The normalized spacial score (nSPS) is 10.4. The molecule has 0 spiro atoms. The number of carbonyl (C=O) groups is 10. The molecule has 0 atom stereocenters. The maximum atomic E-state index is 12.2. The SMILES string of the molecule is COC(=O)/C=C(/Nc1cc(C(=O)OC)ccc1OC)C(=O)OC.COC(=O)C#CC(=O)OC.COC(=O)c1cc(=O)c2c(C(=O)OC)ccc(OC)c2[nH]1.COC(=O)c1ccc(OC)c(N)c1.COc1ccc2c3c(cc(C(=O)NN)nc13)NNC2=O. The first kappa shape index (κ1) is 69.3. The van der Waals surface area contributed by atoms with Crippen molar-refractivity contribution in [2.45, 2.75) is 0 Å². The summed E-state index contributed by atoms with van der Waals surface area (Å²) in [6, 6.07) is 18.0. The number of anilines is 3. The first-order valence-corrected chi connectivity index (χ1v) is 24.1. The summed E-state index contributed by atoms with van der Waals surface area (Å²) in [4.78, 5) is 132. The Morgan fingerprint density at radius 1 is 0.552 bits per heavy atom. The first-order chi connectivity index (χ1) is 41.5. The molecule has 6 aromatic rings. The highest BCUT2D eigenvalue weighted by molar-refractivity contribution is 6.16. The molecular formula is C56H58N8O23. The highest BCUT2D eigenvalue weighted by atomic mass is 16.6. The van der Waals surface area contributed by atoms with Crippen molar-refractivity contribution in [3.05, 3.63) is 128 Å². The zero-order chi connectivity index (χ0) is 65.1. The topological polar surface area (TPSA) is 427 Å². The van der Waals surface area contributed by atoms with Gasteiger partial charge < -0.3 is 72.9 Å². The second-order valence-electron chi connectivity index (χ2n) is 16.0. The van der Waals surface area contributed by atoms with E-state index in [9.17, 15) is 52.7 Å². The molecule has 0 bridgehead atoms. The van der Waals surface area contributed by atoms with Crippen LogP contribution in [0.4, 0.5) is 17.1 Å². The predicted octanol–water partition coefficient (Wildman–Crippen LogP) is 2.55. The Labute approximate surface area is 493 Å². The molecule has 460 valence electrons. The van der Waals surface area contributed by atoms with Crippen molar-refractivity contribution in [2.75, 3.05) is 102 Å². The maximum absolute atomic E-state index is 12.2. The van der Waals surface area contributed by atoms with Crippen LogP contribution in [0.3, 0.4) is 0 Å². The number of hydrogen-bond donors (Lipinski definition) is 7. The van der Waals surface area contributed by atoms with Crippen LogP contribution < -0.4 is 57.5 Å². The highest BCUT2D eigenvalue weighted by Crippen LogP contribution is 2.35. The lowest BCUT2D eigenvalue weighted by Crippen LogP contribution is -2.34. The molecule has 87 heavy (non-hydrogen) atoms. The molecule has 31 nitrogen and oxygen atoms in total. The number of nitrogen functional groups attached to an aromatic ring is 2. The highest BCUT2D eigenvalue weighted by Gasteiger charge is 2.25. The van der Waals surface area contributed by atoms with Crippen molar-refractivity contribution in [3.8, 4) is 34.8 Å². The Kier molecular flexibility index (Phi) is 27.0. The molecule has 1 aliphatic heterocycles. The van der Waals surface area contributed by atoms with Crippen LogP contribution in [0, 0.1) is 11.8 Å². The molecule has 0 saturated carbocycles. The molecule has 0 aliphatic carbocycles. The van der Waals surface area contributed by atoms with Gasteiger partial charge >= 0.3 is 47.8 Å². The van der Waals surface area contributed by atoms with E-state index in [1.807, 2.05) is 17.3 Å². The molecule has 0 unspecified atom stereocenters. The Morgan fingerprint density at radius 3 is 1.60 bits per heavy atom. The number of fused-ring (bicyclic) bond motifs is 1. The zero-order valence-electron chi connectivity index (χ0n) is 48.5. The molecule has 1 aliphatic rings. The number of pyridine rings is 2. The molecule has 0 fully saturated rings. The summed E-state index contributed by atoms with van der Waals surface area (Å²) in [5.41, 5.74) is 15.3. The summed E-state index contributed by atoms with van der Waals surface area (Å²) in [6.45, 7) is 0. The zero-order valence-corrected chi connectivity index (χ0v) is 48.5. The van der Waals surface area contributed by atoms with Crippen molar-refractivity contribution < 1.29 is 105 Å². The van der Waals surface area contributed by atoms with Gasteiger partial charge in [-0.3, -0.25) is 30.7 Å². The summed E-state index contributed by atoms with van der Waals surface area (Å²) in [5, 5.41) is 3.38. The molecule has 7 rings (SSSR count). The number of nitrogens with zero attached hydrogens (tertiary/aromatic N) is 1. The van der Waals surface area contributed by atoms with Crippen LogP contribution in [0.15, 0.2) is 89.4 Å². The smallest absolute Gasteiger partial charge is 0.384 e. The van der Waals surface area contributed by atoms with E-state index < -0.39 is 59.1 Å². The number of ether oxygens (including phenoxy) is 12. The number of H-pyrrole nitrogens is 1. The Balaban J connectivity index is 0.000000292. The van der Waals surface area contributed by atoms with Crippen LogP contribution >= 0.6 is 0 Å². The van der Waals surface area contributed by atoms with Gasteiger partial charge in [-0.2, -0.15) is 0 Å². The number of benzene rings is 4. The van der Waals surface area contributed by atoms with Crippen LogP contribution in [0.5, 0.6) is 23.0 Å². The fourth-order valence-corrected chi connectivity index (χ4v) is 6.97. The number of rotatable bonds is 13. The van der Waals surface area contributed by atoms with E-state index in [0.717, 1.165) is 19.3 Å². The Morgan fingerprint density at radius 2 is 1.09 bits per heavy atom. The molecule has 9 N–H and O–H groups in total. The fourth-order valence-electron chi connectivity index (χ4n) is 6.97. The lowest BCUT2D eigenvalue weighted by Gasteiger charge is -2.20. The lowest BCUT2D eigenvalue weighted by molar-refractivity contribution is -0.138. The monoisotopic (exact) mass is 1210 g/mol. The van der Waals surface area contributed by atoms with Gasteiger partial charge in [-0.15, -0.1) is 0 Å². The Hall–Kier alpha value is -11.9. The number of hydrogen-bond acceptors (Lipinski definition) is 28. The van der Waals surface area contributed by atoms with Gasteiger partial charge in [0.2, 0.25) is 0 Å². The maximum Gasteiger partial charge on any atom is 0.384 e. The van der Waals surface area contributed by atoms with Crippen molar-refractivity contribution in [2.24, 2.45) is 5.84 Å².